The Morgan fingerprint density at radius 1 is 1.39 bits per heavy atom. The van der Waals surface area contributed by atoms with Crippen molar-refractivity contribution < 1.29 is 4.79 Å². The molecule has 6 heteroatoms. The standard InChI is InChI=1S/C12H21N5O/c1-5-13-12-15-8-9(2)11(16-12)14-7-6-10(18)17(3)4/h8H,5-7H2,1-4H3,(H2,13,14,15,16). The summed E-state index contributed by atoms with van der Waals surface area (Å²) >= 11 is 0. The zero-order valence-corrected chi connectivity index (χ0v) is 11.4. The lowest BCUT2D eigenvalue weighted by Crippen LogP contribution is -2.24. The molecular formula is C12H21N5O. The summed E-state index contributed by atoms with van der Waals surface area (Å²) in [4.78, 5) is 21.5. The van der Waals surface area contributed by atoms with Crippen molar-refractivity contribution in [3.8, 4) is 0 Å². The van der Waals surface area contributed by atoms with E-state index < -0.39 is 0 Å². The smallest absolute Gasteiger partial charge is 0.224 e. The fraction of sp³-hybridized carbons (Fsp3) is 0.583. The third-order valence-electron chi connectivity index (χ3n) is 2.44. The number of hydrogen-bond acceptors (Lipinski definition) is 5. The molecule has 0 saturated carbocycles. The molecule has 0 fully saturated rings. The molecule has 0 aliphatic carbocycles. The molecule has 1 rings (SSSR count). The second kappa shape index (κ2) is 6.78. The fourth-order valence-corrected chi connectivity index (χ4v) is 1.38. The topological polar surface area (TPSA) is 70.2 Å². The molecule has 0 aliphatic rings. The van der Waals surface area contributed by atoms with Crippen LogP contribution < -0.4 is 10.6 Å². The minimum atomic E-state index is 0.0983. The molecule has 100 valence electrons. The lowest BCUT2D eigenvalue weighted by atomic mass is 10.3. The van der Waals surface area contributed by atoms with Gasteiger partial charge < -0.3 is 15.5 Å². The van der Waals surface area contributed by atoms with E-state index >= 15 is 0 Å². The molecule has 1 aromatic heterocycles. The van der Waals surface area contributed by atoms with Crippen molar-refractivity contribution in [2.45, 2.75) is 20.3 Å². The third-order valence-corrected chi connectivity index (χ3v) is 2.44. The minimum Gasteiger partial charge on any atom is -0.369 e. The zero-order valence-electron chi connectivity index (χ0n) is 11.4. The molecule has 0 saturated heterocycles. The summed E-state index contributed by atoms with van der Waals surface area (Å²) < 4.78 is 0. The number of nitrogens with one attached hydrogen (secondary N) is 2. The van der Waals surface area contributed by atoms with Crippen LogP contribution in [0.1, 0.15) is 18.9 Å². The molecule has 0 radical (unpaired) electrons. The van der Waals surface area contributed by atoms with Gasteiger partial charge in [0.15, 0.2) is 0 Å². The maximum atomic E-state index is 11.4. The van der Waals surface area contributed by atoms with Gasteiger partial charge in [-0.25, -0.2) is 4.98 Å². The van der Waals surface area contributed by atoms with Gasteiger partial charge in [0, 0.05) is 45.4 Å². The van der Waals surface area contributed by atoms with Crippen molar-refractivity contribution in [1.82, 2.24) is 14.9 Å². The highest BCUT2D eigenvalue weighted by Crippen LogP contribution is 2.12. The Labute approximate surface area is 108 Å². The monoisotopic (exact) mass is 251 g/mol. The highest BCUT2D eigenvalue weighted by molar-refractivity contribution is 5.76. The van der Waals surface area contributed by atoms with Crippen LogP contribution in [0.5, 0.6) is 0 Å². The number of aryl methyl sites for hydroxylation is 1. The Balaban J connectivity index is 2.55. The van der Waals surface area contributed by atoms with Gasteiger partial charge in [0.2, 0.25) is 11.9 Å². The summed E-state index contributed by atoms with van der Waals surface area (Å²) in [6, 6.07) is 0. The first-order chi connectivity index (χ1) is 8.54. The third kappa shape index (κ3) is 4.20. The second-order valence-corrected chi connectivity index (χ2v) is 4.22. The van der Waals surface area contributed by atoms with E-state index in [0.717, 1.165) is 17.9 Å². The van der Waals surface area contributed by atoms with E-state index in [9.17, 15) is 4.79 Å². The Hall–Kier alpha value is -1.85. The van der Waals surface area contributed by atoms with Crippen LogP contribution in [0, 0.1) is 6.92 Å². The largest absolute Gasteiger partial charge is 0.369 e. The second-order valence-electron chi connectivity index (χ2n) is 4.22. The van der Waals surface area contributed by atoms with Gasteiger partial charge in [-0.05, 0) is 13.8 Å². The summed E-state index contributed by atoms with van der Waals surface area (Å²) in [5.41, 5.74) is 0.967. The summed E-state index contributed by atoms with van der Waals surface area (Å²) in [5, 5.41) is 6.21. The van der Waals surface area contributed by atoms with Gasteiger partial charge in [-0.15, -0.1) is 0 Å². The molecule has 2 N–H and O–H groups in total. The van der Waals surface area contributed by atoms with Crippen LogP contribution in [-0.2, 0) is 4.79 Å². The van der Waals surface area contributed by atoms with Crippen LogP contribution in [0.25, 0.3) is 0 Å². The van der Waals surface area contributed by atoms with E-state index in [-0.39, 0.29) is 5.91 Å². The molecule has 1 amide bonds. The van der Waals surface area contributed by atoms with Crippen molar-refractivity contribution in [2.75, 3.05) is 37.8 Å². The maximum absolute atomic E-state index is 11.4. The number of carbonyl (C=O) groups is 1. The maximum Gasteiger partial charge on any atom is 0.224 e. The first-order valence-electron chi connectivity index (χ1n) is 6.06. The number of carbonyl (C=O) groups excluding carboxylic acids is 1. The van der Waals surface area contributed by atoms with Crippen LogP contribution >= 0.6 is 0 Å². The lowest BCUT2D eigenvalue weighted by molar-refractivity contribution is -0.128. The Morgan fingerprint density at radius 2 is 2.11 bits per heavy atom. The molecule has 0 unspecified atom stereocenters. The highest BCUT2D eigenvalue weighted by atomic mass is 16.2. The van der Waals surface area contributed by atoms with Gasteiger partial charge in [-0.2, -0.15) is 4.98 Å². The average molecular weight is 251 g/mol. The van der Waals surface area contributed by atoms with E-state index in [2.05, 4.69) is 20.6 Å². The van der Waals surface area contributed by atoms with Gasteiger partial charge in [0.25, 0.3) is 0 Å². The lowest BCUT2D eigenvalue weighted by Gasteiger charge is -2.12. The highest BCUT2D eigenvalue weighted by Gasteiger charge is 2.06. The predicted molar refractivity (Wildman–Crippen MR) is 72.7 cm³/mol. The molecule has 1 aromatic rings. The van der Waals surface area contributed by atoms with Gasteiger partial charge in [0.05, 0.1) is 0 Å². The summed E-state index contributed by atoms with van der Waals surface area (Å²) in [5.74, 6) is 1.47. The van der Waals surface area contributed by atoms with Crippen molar-refractivity contribution in [1.29, 1.82) is 0 Å². The SMILES string of the molecule is CCNc1ncc(C)c(NCCC(=O)N(C)C)n1. The average Bonchev–Trinajstić information content (AvgIpc) is 2.33. The number of aromatic nitrogens is 2. The molecule has 0 bridgehead atoms. The van der Waals surface area contributed by atoms with E-state index in [1.807, 2.05) is 13.8 Å². The van der Waals surface area contributed by atoms with Gasteiger partial charge in [-0.1, -0.05) is 0 Å². The normalized spacial score (nSPS) is 10.0. The Morgan fingerprint density at radius 3 is 2.72 bits per heavy atom. The van der Waals surface area contributed by atoms with Crippen LogP contribution in [0.4, 0.5) is 11.8 Å². The molecule has 0 aromatic carbocycles. The predicted octanol–water partition coefficient (Wildman–Crippen LogP) is 1.11. The van der Waals surface area contributed by atoms with Crippen LogP contribution in [0.2, 0.25) is 0 Å². The summed E-state index contributed by atoms with van der Waals surface area (Å²) in [7, 11) is 3.50. The van der Waals surface area contributed by atoms with Crippen molar-refractivity contribution in [3.05, 3.63) is 11.8 Å². The Kier molecular flexibility index (Phi) is 5.35. The first-order valence-corrected chi connectivity index (χ1v) is 6.06. The van der Waals surface area contributed by atoms with E-state index in [1.165, 1.54) is 0 Å². The molecular weight excluding hydrogens is 230 g/mol. The van der Waals surface area contributed by atoms with Gasteiger partial charge in [-0.3, -0.25) is 4.79 Å². The minimum absolute atomic E-state index is 0.0983. The first kappa shape index (κ1) is 14.2. The van der Waals surface area contributed by atoms with Crippen molar-refractivity contribution >= 4 is 17.7 Å². The van der Waals surface area contributed by atoms with Crippen LogP contribution in [-0.4, -0.2) is 48.0 Å². The number of rotatable bonds is 6. The number of anilines is 2. The number of nitrogens with zero attached hydrogens (tertiary/aromatic N) is 3. The van der Waals surface area contributed by atoms with Crippen molar-refractivity contribution in [3.63, 3.8) is 0 Å². The van der Waals surface area contributed by atoms with Gasteiger partial charge in [0.1, 0.15) is 5.82 Å². The van der Waals surface area contributed by atoms with E-state index in [1.54, 1.807) is 25.2 Å². The molecule has 1 heterocycles. The molecule has 0 atom stereocenters. The van der Waals surface area contributed by atoms with Crippen molar-refractivity contribution in [2.24, 2.45) is 0 Å². The zero-order chi connectivity index (χ0) is 13.5. The van der Waals surface area contributed by atoms with Crippen LogP contribution in [0.3, 0.4) is 0 Å². The summed E-state index contributed by atoms with van der Waals surface area (Å²) in [6.45, 7) is 5.28. The molecule has 0 aliphatic heterocycles. The quantitative estimate of drug-likeness (QED) is 0.792. The summed E-state index contributed by atoms with van der Waals surface area (Å²) in [6.07, 6.45) is 2.22. The van der Waals surface area contributed by atoms with E-state index in [0.29, 0.717) is 18.9 Å². The van der Waals surface area contributed by atoms with Gasteiger partial charge >= 0.3 is 0 Å². The molecule has 0 spiro atoms. The number of hydrogen-bond donors (Lipinski definition) is 2. The van der Waals surface area contributed by atoms with Crippen LogP contribution in [0.15, 0.2) is 6.20 Å². The number of amides is 1. The van der Waals surface area contributed by atoms with E-state index in [4.69, 9.17) is 0 Å². The molecule has 6 nitrogen and oxygen atoms in total. The Bertz CT molecular complexity index is 405. The fourth-order valence-electron chi connectivity index (χ4n) is 1.38. The molecule has 18 heavy (non-hydrogen) atoms.